The second-order valence-electron chi connectivity index (χ2n) is 3.20. The Bertz CT molecular complexity index is 506. The lowest BCUT2D eigenvalue weighted by Crippen LogP contribution is -3.00. The Morgan fingerprint density at radius 3 is 2.24 bits per heavy atom. The van der Waals surface area contributed by atoms with E-state index in [-0.39, 0.29) is 23.7 Å². The molecule has 0 saturated heterocycles. The quantitative estimate of drug-likeness (QED) is 0.608. The molecular weight excluding hydrogens is 246 g/mol. The van der Waals surface area contributed by atoms with Gasteiger partial charge >= 0.3 is 5.97 Å². The first kappa shape index (κ1) is 12.9. The molecular formula is C11H7ClNO4-. The largest absolute Gasteiger partial charge is 1.00 e. The van der Waals surface area contributed by atoms with Crippen LogP contribution >= 0.6 is 0 Å². The molecule has 5 nitrogen and oxygen atoms in total. The molecule has 0 atom stereocenters. The molecule has 0 unspecified atom stereocenters. The molecule has 2 amide bonds. The van der Waals surface area contributed by atoms with Gasteiger partial charge in [-0.3, -0.25) is 9.59 Å². The molecule has 17 heavy (non-hydrogen) atoms. The summed E-state index contributed by atoms with van der Waals surface area (Å²) in [5.74, 6) is -2.03. The van der Waals surface area contributed by atoms with Crippen LogP contribution in [0.5, 0.6) is 0 Å². The van der Waals surface area contributed by atoms with E-state index >= 15 is 0 Å². The van der Waals surface area contributed by atoms with Gasteiger partial charge in [0.2, 0.25) is 0 Å². The van der Waals surface area contributed by atoms with Gasteiger partial charge in [-0.2, -0.15) is 0 Å². The first-order chi connectivity index (χ1) is 7.59. The Morgan fingerprint density at radius 2 is 1.71 bits per heavy atom. The van der Waals surface area contributed by atoms with Crippen molar-refractivity contribution in [3.8, 4) is 0 Å². The molecule has 0 fully saturated rings. The summed E-state index contributed by atoms with van der Waals surface area (Å²) in [4.78, 5) is 34.3. The SMILES string of the molecule is O=C(O)c1cccc(N2C(=O)C=CC2=O)c1.[Cl-]. The molecule has 1 N–H and O–H groups in total. The Labute approximate surface area is 103 Å². The van der Waals surface area contributed by atoms with E-state index in [9.17, 15) is 14.4 Å². The number of aromatic carboxylic acids is 1. The molecule has 0 spiro atoms. The van der Waals surface area contributed by atoms with Crippen molar-refractivity contribution in [2.45, 2.75) is 0 Å². The van der Waals surface area contributed by atoms with Gasteiger partial charge in [-0.25, -0.2) is 9.69 Å². The summed E-state index contributed by atoms with van der Waals surface area (Å²) in [6, 6.07) is 5.67. The Morgan fingerprint density at radius 1 is 1.12 bits per heavy atom. The first-order valence-corrected chi connectivity index (χ1v) is 4.49. The Balaban J connectivity index is 0.00000144. The van der Waals surface area contributed by atoms with Crippen molar-refractivity contribution in [1.29, 1.82) is 0 Å². The summed E-state index contributed by atoms with van der Waals surface area (Å²) in [7, 11) is 0. The van der Waals surface area contributed by atoms with Crippen LogP contribution in [0.4, 0.5) is 5.69 Å². The minimum Gasteiger partial charge on any atom is -1.00 e. The maximum atomic E-state index is 11.3. The van der Waals surface area contributed by atoms with E-state index in [2.05, 4.69) is 0 Å². The van der Waals surface area contributed by atoms with Crippen molar-refractivity contribution in [2.24, 2.45) is 0 Å². The number of amides is 2. The highest BCUT2D eigenvalue weighted by Gasteiger charge is 2.25. The number of rotatable bonds is 2. The summed E-state index contributed by atoms with van der Waals surface area (Å²) in [5, 5.41) is 8.78. The normalized spacial score (nSPS) is 13.8. The van der Waals surface area contributed by atoms with E-state index in [0.29, 0.717) is 0 Å². The summed E-state index contributed by atoms with van der Waals surface area (Å²) in [6.45, 7) is 0. The van der Waals surface area contributed by atoms with Crippen LogP contribution in [-0.2, 0) is 9.59 Å². The average molecular weight is 253 g/mol. The number of carboxylic acid groups (broad SMARTS) is 1. The number of anilines is 1. The monoisotopic (exact) mass is 252 g/mol. The van der Waals surface area contributed by atoms with Crippen molar-refractivity contribution in [2.75, 3.05) is 4.90 Å². The zero-order valence-electron chi connectivity index (χ0n) is 8.46. The highest BCUT2D eigenvalue weighted by molar-refractivity contribution is 6.28. The fourth-order valence-corrected chi connectivity index (χ4v) is 1.43. The van der Waals surface area contributed by atoms with Crippen LogP contribution in [0, 0.1) is 0 Å². The number of benzene rings is 1. The maximum absolute atomic E-state index is 11.3. The second-order valence-corrected chi connectivity index (χ2v) is 3.20. The predicted molar refractivity (Wildman–Crippen MR) is 55.0 cm³/mol. The minimum atomic E-state index is -1.10. The van der Waals surface area contributed by atoms with E-state index < -0.39 is 17.8 Å². The molecule has 2 rings (SSSR count). The van der Waals surface area contributed by atoms with Gasteiger partial charge in [0.25, 0.3) is 11.8 Å². The lowest BCUT2D eigenvalue weighted by Gasteiger charge is -2.13. The van der Waals surface area contributed by atoms with Gasteiger partial charge in [0.05, 0.1) is 11.3 Å². The number of nitrogens with zero attached hydrogens (tertiary/aromatic N) is 1. The van der Waals surface area contributed by atoms with Crippen molar-refractivity contribution in [3.05, 3.63) is 42.0 Å². The standard InChI is InChI=1S/C11H7NO4.ClH/c13-9-4-5-10(14)12(9)8-3-1-2-7(6-8)11(15)16;/h1-6H,(H,15,16);1H/p-1. The first-order valence-electron chi connectivity index (χ1n) is 4.49. The molecule has 88 valence electrons. The lowest BCUT2D eigenvalue weighted by molar-refractivity contribution is -0.120. The van der Waals surface area contributed by atoms with Gasteiger partial charge in [0, 0.05) is 12.2 Å². The fourth-order valence-electron chi connectivity index (χ4n) is 1.43. The van der Waals surface area contributed by atoms with Crippen LogP contribution in [0.1, 0.15) is 10.4 Å². The Hall–Kier alpha value is -2.14. The Kier molecular flexibility index (Phi) is 3.65. The van der Waals surface area contributed by atoms with Gasteiger partial charge in [-0.15, -0.1) is 0 Å². The van der Waals surface area contributed by atoms with E-state index in [4.69, 9.17) is 5.11 Å². The third-order valence-electron chi connectivity index (χ3n) is 2.16. The second kappa shape index (κ2) is 4.80. The molecule has 0 bridgehead atoms. The molecule has 1 aliphatic rings. The molecule has 0 aliphatic carbocycles. The molecule has 0 saturated carbocycles. The third-order valence-corrected chi connectivity index (χ3v) is 2.16. The van der Waals surface area contributed by atoms with Crippen LogP contribution in [0.2, 0.25) is 0 Å². The number of halogens is 1. The van der Waals surface area contributed by atoms with Gasteiger partial charge in [0.1, 0.15) is 0 Å². The van der Waals surface area contributed by atoms with Crippen LogP contribution in [0.3, 0.4) is 0 Å². The lowest BCUT2D eigenvalue weighted by atomic mass is 10.2. The van der Waals surface area contributed by atoms with E-state index in [1.807, 2.05) is 0 Å². The average Bonchev–Trinajstić information content (AvgIpc) is 2.59. The maximum Gasteiger partial charge on any atom is 0.335 e. The molecule has 0 aromatic heterocycles. The molecule has 6 heteroatoms. The number of imide groups is 1. The van der Waals surface area contributed by atoms with Crippen LogP contribution in [0.25, 0.3) is 0 Å². The summed E-state index contributed by atoms with van der Waals surface area (Å²) in [5.41, 5.74) is 0.296. The topological polar surface area (TPSA) is 74.7 Å². The molecule has 1 aromatic carbocycles. The molecule has 1 heterocycles. The highest BCUT2D eigenvalue weighted by atomic mass is 35.5. The van der Waals surface area contributed by atoms with Crippen LogP contribution < -0.4 is 17.3 Å². The highest BCUT2D eigenvalue weighted by Crippen LogP contribution is 2.20. The number of carbonyl (C=O) groups is 3. The van der Waals surface area contributed by atoms with E-state index in [0.717, 1.165) is 17.1 Å². The predicted octanol–water partition coefficient (Wildman–Crippen LogP) is -2.18. The number of carbonyl (C=O) groups excluding carboxylic acids is 2. The van der Waals surface area contributed by atoms with Crippen LogP contribution in [-0.4, -0.2) is 22.9 Å². The number of hydrogen-bond acceptors (Lipinski definition) is 3. The van der Waals surface area contributed by atoms with Gasteiger partial charge < -0.3 is 17.5 Å². The smallest absolute Gasteiger partial charge is 0.335 e. The van der Waals surface area contributed by atoms with E-state index in [1.165, 1.54) is 24.3 Å². The third kappa shape index (κ3) is 2.34. The van der Waals surface area contributed by atoms with Crippen molar-refractivity contribution < 1.29 is 31.9 Å². The van der Waals surface area contributed by atoms with Crippen molar-refractivity contribution in [3.63, 3.8) is 0 Å². The molecule has 1 aromatic rings. The summed E-state index contributed by atoms with van der Waals surface area (Å²) >= 11 is 0. The number of hydrogen-bond donors (Lipinski definition) is 1. The zero-order valence-corrected chi connectivity index (χ0v) is 9.22. The van der Waals surface area contributed by atoms with Gasteiger partial charge in [-0.1, -0.05) is 6.07 Å². The van der Waals surface area contributed by atoms with Crippen molar-refractivity contribution >= 4 is 23.5 Å². The fraction of sp³-hybridized carbons (Fsp3) is 0. The minimum absolute atomic E-state index is 0. The molecule has 1 aliphatic heterocycles. The van der Waals surface area contributed by atoms with E-state index in [1.54, 1.807) is 0 Å². The van der Waals surface area contributed by atoms with Crippen LogP contribution in [0.15, 0.2) is 36.4 Å². The van der Waals surface area contributed by atoms with Crippen molar-refractivity contribution in [1.82, 2.24) is 0 Å². The van der Waals surface area contributed by atoms with Gasteiger partial charge in [0.15, 0.2) is 0 Å². The zero-order chi connectivity index (χ0) is 11.7. The van der Waals surface area contributed by atoms with Gasteiger partial charge in [-0.05, 0) is 18.2 Å². The summed E-state index contributed by atoms with van der Waals surface area (Å²) in [6.07, 6.45) is 2.30. The number of carboxylic acids is 1. The summed E-state index contributed by atoms with van der Waals surface area (Å²) < 4.78 is 0. The molecule has 0 radical (unpaired) electrons.